The van der Waals surface area contributed by atoms with Crippen LogP contribution in [0.1, 0.15) is 24.4 Å². The fourth-order valence-corrected chi connectivity index (χ4v) is 3.14. The first kappa shape index (κ1) is 14.3. The first-order valence-corrected chi connectivity index (χ1v) is 7.11. The number of rotatable bonds is 4. The maximum Gasteiger partial charge on any atom is 0.241 e. The summed E-state index contributed by atoms with van der Waals surface area (Å²) in [6, 6.07) is 1.54. The van der Waals surface area contributed by atoms with Crippen molar-refractivity contribution in [3.05, 3.63) is 29.3 Å². The van der Waals surface area contributed by atoms with E-state index in [-0.39, 0.29) is 22.0 Å². The van der Waals surface area contributed by atoms with Crippen molar-refractivity contribution in [2.45, 2.75) is 24.8 Å². The second-order valence-corrected chi connectivity index (χ2v) is 5.92. The molecule has 0 spiro atoms. The number of hydrogen-bond acceptors (Lipinski definition) is 6. The van der Waals surface area contributed by atoms with E-state index in [4.69, 9.17) is 5.73 Å². The van der Waals surface area contributed by atoms with E-state index in [2.05, 4.69) is 25.3 Å². The molecule has 2 aromatic rings. The molecule has 0 amide bonds. The molecule has 0 aliphatic heterocycles. The van der Waals surface area contributed by atoms with Gasteiger partial charge in [0.1, 0.15) is 5.82 Å². The lowest BCUT2D eigenvalue weighted by Crippen LogP contribution is -2.28. The topological polar surface area (TPSA) is 127 Å². The van der Waals surface area contributed by atoms with Crippen LogP contribution in [0.15, 0.2) is 17.0 Å². The number of nitrogens with two attached hydrogens (primary N) is 1. The molecule has 0 saturated heterocycles. The average molecular weight is 300 g/mol. The number of halogens is 1. The third-order valence-corrected chi connectivity index (χ3v) is 4.36. The summed E-state index contributed by atoms with van der Waals surface area (Å²) in [4.78, 5) is -0.217. The summed E-state index contributed by atoms with van der Waals surface area (Å²) in [5.41, 5.74) is 5.50. The molecule has 0 saturated carbocycles. The summed E-state index contributed by atoms with van der Waals surface area (Å²) in [6.07, 6.45) is 0. The van der Waals surface area contributed by atoms with Crippen LogP contribution in [0.5, 0.6) is 0 Å². The monoisotopic (exact) mass is 300 g/mol. The first-order valence-electron chi connectivity index (χ1n) is 5.62. The zero-order valence-corrected chi connectivity index (χ0v) is 11.6. The number of sulfonamides is 1. The van der Waals surface area contributed by atoms with Crippen LogP contribution >= 0.6 is 0 Å². The highest BCUT2D eigenvalue weighted by Crippen LogP contribution is 2.23. The lowest BCUT2D eigenvalue weighted by atomic mass is 10.2. The van der Waals surface area contributed by atoms with E-state index in [9.17, 15) is 12.8 Å². The highest BCUT2D eigenvalue weighted by Gasteiger charge is 2.24. The molecule has 20 heavy (non-hydrogen) atoms. The van der Waals surface area contributed by atoms with Crippen molar-refractivity contribution in [1.29, 1.82) is 0 Å². The first-order chi connectivity index (χ1) is 9.31. The summed E-state index contributed by atoms with van der Waals surface area (Å²) < 4.78 is 40.4. The smallest absolute Gasteiger partial charge is 0.241 e. The molecule has 8 nitrogen and oxygen atoms in total. The molecule has 1 unspecified atom stereocenters. The van der Waals surface area contributed by atoms with Gasteiger partial charge in [0, 0.05) is 11.3 Å². The van der Waals surface area contributed by atoms with Crippen LogP contribution in [-0.2, 0) is 10.0 Å². The van der Waals surface area contributed by atoms with E-state index in [0.29, 0.717) is 0 Å². The minimum atomic E-state index is -3.95. The summed E-state index contributed by atoms with van der Waals surface area (Å²) in [6.45, 7) is 2.91. The fraction of sp³-hybridized carbons (Fsp3) is 0.300. The van der Waals surface area contributed by atoms with Gasteiger partial charge in [0.15, 0.2) is 5.82 Å². The van der Waals surface area contributed by atoms with E-state index in [1.54, 1.807) is 6.92 Å². The van der Waals surface area contributed by atoms with Gasteiger partial charge in [0.2, 0.25) is 10.0 Å². The number of nitrogens with one attached hydrogen (secondary N) is 2. The van der Waals surface area contributed by atoms with Gasteiger partial charge in [0.05, 0.1) is 10.9 Å². The van der Waals surface area contributed by atoms with E-state index >= 15 is 0 Å². The minimum Gasteiger partial charge on any atom is -0.399 e. The lowest BCUT2D eigenvalue weighted by molar-refractivity contribution is 0.555. The van der Waals surface area contributed by atoms with Crippen LogP contribution in [0.2, 0.25) is 0 Å². The molecule has 1 atom stereocenters. The molecule has 0 aliphatic carbocycles. The Morgan fingerprint density at radius 2 is 2.15 bits per heavy atom. The lowest BCUT2D eigenvalue weighted by Gasteiger charge is -2.13. The van der Waals surface area contributed by atoms with Crippen molar-refractivity contribution in [2.24, 2.45) is 0 Å². The fourth-order valence-electron chi connectivity index (χ4n) is 1.65. The van der Waals surface area contributed by atoms with Gasteiger partial charge in [-0.15, -0.1) is 10.2 Å². The number of anilines is 1. The number of aromatic nitrogens is 4. The molecule has 108 valence electrons. The normalized spacial score (nSPS) is 13.3. The average Bonchev–Trinajstić information content (AvgIpc) is 2.86. The quantitative estimate of drug-likeness (QED) is 0.695. The Bertz CT molecular complexity index is 716. The molecule has 4 N–H and O–H groups in total. The van der Waals surface area contributed by atoms with E-state index in [1.165, 1.54) is 13.0 Å². The Labute approximate surface area is 114 Å². The molecule has 0 radical (unpaired) electrons. The van der Waals surface area contributed by atoms with Gasteiger partial charge in [-0.05, 0) is 26.0 Å². The molecule has 1 aromatic heterocycles. The molecule has 1 heterocycles. The largest absolute Gasteiger partial charge is 0.399 e. The number of benzene rings is 1. The third-order valence-electron chi connectivity index (χ3n) is 2.69. The Kier molecular flexibility index (Phi) is 3.68. The molecule has 0 bridgehead atoms. The van der Waals surface area contributed by atoms with Crippen molar-refractivity contribution in [2.75, 3.05) is 5.73 Å². The van der Waals surface area contributed by atoms with Crippen molar-refractivity contribution in [1.82, 2.24) is 25.3 Å². The van der Waals surface area contributed by atoms with Crippen LogP contribution < -0.4 is 10.5 Å². The standard InChI is InChI=1S/C10H13FN6O2S/c1-5-8(11)3-7(12)4-9(5)20(18,19)15-6(2)10-13-16-17-14-10/h3-4,6,15H,12H2,1-2H3,(H,13,14,16,17). The summed E-state index contributed by atoms with van der Waals surface area (Å²) in [7, 11) is -3.95. The summed E-state index contributed by atoms with van der Waals surface area (Å²) in [5.74, 6) is -0.506. The van der Waals surface area contributed by atoms with Gasteiger partial charge < -0.3 is 5.73 Å². The van der Waals surface area contributed by atoms with Crippen molar-refractivity contribution in [3.8, 4) is 0 Å². The molecule has 0 aliphatic rings. The number of nitrogens with zero attached hydrogens (tertiary/aromatic N) is 3. The highest BCUT2D eigenvalue weighted by molar-refractivity contribution is 7.89. The predicted molar refractivity (Wildman–Crippen MR) is 68.5 cm³/mol. The Hall–Kier alpha value is -2.07. The van der Waals surface area contributed by atoms with Crippen molar-refractivity contribution < 1.29 is 12.8 Å². The van der Waals surface area contributed by atoms with E-state index in [0.717, 1.165) is 6.07 Å². The van der Waals surface area contributed by atoms with E-state index < -0.39 is 21.9 Å². The van der Waals surface area contributed by atoms with Gasteiger partial charge in [-0.1, -0.05) is 5.21 Å². The molecular formula is C10H13FN6O2S. The van der Waals surface area contributed by atoms with Crippen LogP contribution in [0, 0.1) is 12.7 Å². The molecular weight excluding hydrogens is 287 g/mol. The van der Waals surface area contributed by atoms with Gasteiger partial charge >= 0.3 is 0 Å². The number of nitrogen functional groups attached to an aromatic ring is 1. The van der Waals surface area contributed by atoms with Gasteiger partial charge in [-0.25, -0.2) is 17.5 Å². The van der Waals surface area contributed by atoms with Crippen LogP contribution in [0.25, 0.3) is 0 Å². The maximum absolute atomic E-state index is 13.6. The van der Waals surface area contributed by atoms with Crippen molar-refractivity contribution in [3.63, 3.8) is 0 Å². The van der Waals surface area contributed by atoms with Crippen LogP contribution in [0.3, 0.4) is 0 Å². The number of tetrazole rings is 1. The Morgan fingerprint density at radius 3 is 2.75 bits per heavy atom. The Balaban J connectivity index is 2.36. The second kappa shape index (κ2) is 5.13. The van der Waals surface area contributed by atoms with Crippen LogP contribution in [-0.4, -0.2) is 29.0 Å². The second-order valence-electron chi connectivity index (χ2n) is 4.24. The number of H-pyrrole nitrogens is 1. The zero-order chi connectivity index (χ0) is 14.9. The maximum atomic E-state index is 13.6. The van der Waals surface area contributed by atoms with Crippen molar-refractivity contribution >= 4 is 15.7 Å². The predicted octanol–water partition coefficient (Wildman–Crippen LogP) is 0.269. The van der Waals surface area contributed by atoms with Gasteiger partial charge in [0.25, 0.3) is 0 Å². The molecule has 1 aromatic carbocycles. The van der Waals surface area contributed by atoms with Gasteiger partial charge in [-0.2, -0.15) is 5.21 Å². The summed E-state index contributed by atoms with van der Waals surface area (Å²) in [5, 5.41) is 12.9. The number of hydrogen-bond donors (Lipinski definition) is 3. The Morgan fingerprint density at radius 1 is 1.45 bits per heavy atom. The van der Waals surface area contributed by atoms with Crippen LogP contribution in [0.4, 0.5) is 10.1 Å². The minimum absolute atomic E-state index is 0.00740. The molecule has 2 rings (SSSR count). The SMILES string of the molecule is Cc1c(F)cc(N)cc1S(=O)(=O)NC(C)c1nn[nH]n1. The molecule has 0 fully saturated rings. The zero-order valence-electron chi connectivity index (χ0n) is 10.8. The van der Waals surface area contributed by atoms with E-state index in [1.807, 2.05) is 0 Å². The highest BCUT2D eigenvalue weighted by atomic mass is 32.2. The summed E-state index contributed by atoms with van der Waals surface area (Å²) >= 11 is 0. The third kappa shape index (κ3) is 2.75. The molecule has 10 heteroatoms. The van der Waals surface area contributed by atoms with Gasteiger partial charge in [-0.3, -0.25) is 0 Å². The number of aromatic amines is 1.